The van der Waals surface area contributed by atoms with Crippen molar-refractivity contribution in [3.05, 3.63) is 66.0 Å². The van der Waals surface area contributed by atoms with Crippen LogP contribution in [0.2, 0.25) is 0 Å². The Morgan fingerprint density at radius 2 is 1.55 bits per heavy atom. The predicted octanol–water partition coefficient (Wildman–Crippen LogP) is 3.45. The van der Waals surface area contributed by atoms with Crippen LogP contribution in [0.4, 0.5) is 13.2 Å². The van der Waals surface area contributed by atoms with E-state index in [1.165, 1.54) is 17.0 Å². The van der Waals surface area contributed by atoms with E-state index >= 15 is 0 Å². The molecule has 0 spiro atoms. The summed E-state index contributed by atoms with van der Waals surface area (Å²) in [5, 5.41) is 0. The molecule has 0 fully saturated rings. The van der Waals surface area contributed by atoms with E-state index in [0.29, 0.717) is 5.56 Å². The SMILES string of the molecule is Br.O=C(C[n+]1ccc(C(F)(F)F)cc1)c1ccccc1. The number of Topliss-reactive ketones (excluding diaryl/α,β-unsaturated/α-hetero) is 1. The summed E-state index contributed by atoms with van der Waals surface area (Å²) in [7, 11) is 0. The Bertz CT molecular complexity index is 567. The maximum atomic E-state index is 12.4. The number of carbonyl (C=O) groups is 1. The monoisotopic (exact) mass is 346 g/mol. The first-order chi connectivity index (χ1) is 8.97. The van der Waals surface area contributed by atoms with Crippen LogP contribution in [0.15, 0.2) is 54.9 Å². The van der Waals surface area contributed by atoms with Crippen LogP contribution in [-0.2, 0) is 12.7 Å². The van der Waals surface area contributed by atoms with Crippen molar-refractivity contribution in [2.75, 3.05) is 0 Å². The number of aromatic nitrogens is 1. The van der Waals surface area contributed by atoms with Gasteiger partial charge in [-0.2, -0.15) is 17.7 Å². The van der Waals surface area contributed by atoms with E-state index in [1.54, 1.807) is 30.3 Å². The second kappa shape index (κ2) is 6.65. The maximum absolute atomic E-state index is 12.4. The molecule has 1 aromatic carbocycles. The Labute approximate surface area is 124 Å². The highest BCUT2D eigenvalue weighted by atomic mass is 79.9. The van der Waals surface area contributed by atoms with Gasteiger partial charge in [0.25, 0.3) is 0 Å². The summed E-state index contributed by atoms with van der Waals surface area (Å²) < 4.78 is 38.5. The van der Waals surface area contributed by atoms with Gasteiger partial charge >= 0.3 is 6.18 Å². The minimum Gasteiger partial charge on any atom is -0.287 e. The molecule has 2 rings (SSSR count). The highest BCUT2D eigenvalue weighted by Crippen LogP contribution is 2.27. The van der Waals surface area contributed by atoms with Crippen molar-refractivity contribution in [3.63, 3.8) is 0 Å². The van der Waals surface area contributed by atoms with Crippen LogP contribution in [0.25, 0.3) is 0 Å². The first kappa shape index (κ1) is 16.4. The first-order valence-corrected chi connectivity index (χ1v) is 5.61. The van der Waals surface area contributed by atoms with Gasteiger partial charge in [0.1, 0.15) is 0 Å². The van der Waals surface area contributed by atoms with Crippen LogP contribution in [0, 0.1) is 0 Å². The van der Waals surface area contributed by atoms with Crippen LogP contribution >= 0.6 is 17.0 Å². The Hall–Kier alpha value is -1.69. The highest BCUT2D eigenvalue weighted by Gasteiger charge is 2.31. The summed E-state index contributed by atoms with van der Waals surface area (Å²) in [5.41, 5.74) is -0.189. The van der Waals surface area contributed by atoms with Crippen molar-refractivity contribution < 1.29 is 22.5 Å². The van der Waals surface area contributed by atoms with Crippen molar-refractivity contribution in [3.8, 4) is 0 Å². The van der Waals surface area contributed by atoms with Crippen LogP contribution in [0.3, 0.4) is 0 Å². The van der Waals surface area contributed by atoms with E-state index in [2.05, 4.69) is 0 Å². The third-order valence-corrected chi connectivity index (χ3v) is 2.64. The standard InChI is InChI=1S/C14H11F3NO.BrH/c15-14(16,17)12-6-8-18(9-7-12)10-13(19)11-4-2-1-3-5-11;/h1-9H,10H2;1H/q+1;. The Kier molecular flexibility index (Phi) is 5.44. The number of alkyl halides is 3. The molecule has 106 valence electrons. The minimum absolute atomic E-state index is 0. The molecule has 0 saturated carbocycles. The third kappa shape index (κ3) is 4.16. The Morgan fingerprint density at radius 3 is 2.05 bits per heavy atom. The lowest BCUT2D eigenvalue weighted by Crippen LogP contribution is -2.37. The van der Waals surface area contributed by atoms with Crippen molar-refractivity contribution >= 4 is 22.8 Å². The molecular formula is C14H12BrF3NO+. The van der Waals surface area contributed by atoms with Gasteiger partial charge in [-0.3, -0.25) is 4.79 Å². The lowest BCUT2D eigenvalue weighted by Gasteiger charge is -2.04. The number of carbonyl (C=O) groups excluding carboxylic acids is 1. The van der Waals surface area contributed by atoms with Crippen LogP contribution in [0.5, 0.6) is 0 Å². The average molecular weight is 347 g/mol. The van der Waals surface area contributed by atoms with Gasteiger partial charge in [-0.05, 0) is 0 Å². The summed E-state index contributed by atoms with van der Waals surface area (Å²) in [5.74, 6) is -0.148. The quantitative estimate of drug-likeness (QED) is 0.615. The van der Waals surface area contributed by atoms with Crippen molar-refractivity contribution in [1.29, 1.82) is 0 Å². The van der Waals surface area contributed by atoms with Gasteiger partial charge in [0, 0.05) is 17.7 Å². The molecule has 1 heterocycles. The normalized spacial score (nSPS) is 10.8. The van der Waals surface area contributed by atoms with Crippen molar-refractivity contribution in [2.45, 2.75) is 12.7 Å². The number of rotatable bonds is 3. The smallest absolute Gasteiger partial charge is 0.287 e. The van der Waals surface area contributed by atoms with Crippen LogP contribution in [-0.4, -0.2) is 5.78 Å². The van der Waals surface area contributed by atoms with Gasteiger partial charge in [0.2, 0.25) is 12.3 Å². The van der Waals surface area contributed by atoms with Gasteiger partial charge in [0.15, 0.2) is 12.4 Å². The first-order valence-electron chi connectivity index (χ1n) is 5.61. The number of hydrogen-bond acceptors (Lipinski definition) is 1. The van der Waals surface area contributed by atoms with E-state index in [9.17, 15) is 18.0 Å². The van der Waals surface area contributed by atoms with Gasteiger partial charge < -0.3 is 0 Å². The van der Waals surface area contributed by atoms with Gasteiger partial charge in [0.05, 0.1) is 5.56 Å². The molecule has 6 heteroatoms. The minimum atomic E-state index is -4.36. The molecule has 0 saturated heterocycles. The van der Waals surface area contributed by atoms with E-state index in [-0.39, 0.29) is 29.3 Å². The number of ketones is 1. The second-order valence-electron chi connectivity index (χ2n) is 4.05. The molecule has 2 aromatic rings. The topological polar surface area (TPSA) is 20.9 Å². The fourth-order valence-corrected chi connectivity index (χ4v) is 1.63. The fourth-order valence-electron chi connectivity index (χ4n) is 1.63. The zero-order chi connectivity index (χ0) is 13.9. The second-order valence-corrected chi connectivity index (χ2v) is 4.05. The molecule has 0 bridgehead atoms. The maximum Gasteiger partial charge on any atom is 0.416 e. The summed E-state index contributed by atoms with van der Waals surface area (Å²) in [4.78, 5) is 11.9. The number of benzene rings is 1. The highest BCUT2D eigenvalue weighted by molar-refractivity contribution is 8.93. The van der Waals surface area contributed by atoms with Gasteiger partial charge in [-0.15, -0.1) is 17.0 Å². The molecule has 0 atom stereocenters. The molecule has 0 amide bonds. The Morgan fingerprint density at radius 1 is 1.00 bits per heavy atom. The molecule has 0 aliphatic heterocycles. The average Bonchev–Trinajstić information content (AvgIpc) is 2.39. The zero-order valence-electron chi connectivity index (χ0n) is 10.3. The lowest BCUT2D eigenvalue weighted by molar-refractivity contribution is -0.683. The molecule has 0 aliphatic carbocycles. The number of pyridine rings is 1. The third-order valence-electron chi connectivity index (χ3n) is 2.64. The van der Waals surface area contributed by atoms with Crippen LogP contribution in [0.1, 0.15) is 15.9 Å². The largest absolute Gasteiger partial charge is 0.416 e. The number of halogens is 4. The van der Waals surface area contributed by atoms with Gasteiger partial charge in [-0.25, -0.2) is 0 Å². The lowest BCUT2D eigenvalue weighted by atomic mass is 10.1. The Balaban J connectivity index is 0.00000200. The van der Waals surface area contributed by atoms with Crippen molar-refractivity contribution in [1.82, 2.24) is 0 Å². The molecule has 0 radical (unpaired) electrons. The molecule has 1 aromatic heterocycles. The van der Waals surface area contributed by atoms with Crippen LogP contribution < -0.4 is 4.57 Å². The number of nitrogens with zero attached hydrogens (tertiary/aromatic N) is 1. The van der Waals surface area contributed by atoms with Crippen molar-refractivity contribution in [2.24, 2.45) is 0 Å². The molecule has 20 heavy (non-hydrogen) atoms. The zero-order valence-corrected chi connectivity index (χ0v) is 12.0. The van der Waals surface area contributed by atoms with E-state index in [1.807, 2.05) is 0 Å². The molecule has 2 nitrogen and oxygen atoms in total. The summed E-state index contributed by atoms with van der Waals surface area (Å²) in [6, 6.07) is 10.5. The molecule has 0 N–H and O–H groups in total. The summed E-state index contributed by atoms with van der Waals surface area (Å²) in [6.07, 6.45) is -1.85. The van der Waals surface area contributed by atoms with E-state index in [4.69, 9.17) is 0 Å². The predicted molar refractivity (Wildman–Crippen MR) is 72.7 cm³/mol. The van der Waals surface area contributed by atoms with E-state index in [0.717, 1.165) is 12.1 Å². The fraction of sp³-hybridized carbons (Fsp3) is 0.143. The summed E-state index contributed by atoms with van der Waals surface area (Å²) >= 11 is 0. The number of hydrogen-bond donors (Lipinski definition) is 0. The molecule has 0 aliphatic rings. The summed E-state index contributed by atoms with van der Waals surface area (Å²) in [6.45, 7) is 0.0160. The van der Waals surface area contributed by atoms with Gasteiger partial charge in [-0.1, -0.05) is 30.3 Å². The molecule has 0 unspecified atom stereocenters. The van der Waals surface area contributed by atoms with E-state index < -0.39 is 11.7 Å². The molecular weight excluding hydrogens is 335 g/mol.